The summed E-state index contributed by atoms with van der Waals surface area (Å²) in [6.45, 7) is 5.18. The zero-order valence-corrected chi connectivity index (χ0v) is 15.3. The van der Waals surface area contributed by atoms with E-state index < -0.39 is 0 Å². The maximum Gasteiger partial charge on any atom is 0.315 e. The van der Waals surface area contributed by atoms with Gasteiger partial charge in [0.1, 0.15) is 0 Å². The number of carbonyl (C=O) groups excluding carboxylic acids is 2. The number of anilines is 1. The van der Waals surface area contributed by atoms with E-state index in [1.54, 1.807) is 0 Å². The predicted octanol–water partition coefficient (Wildman–Crippen LogP) is 3.49. The summed E-state index contributed by atoms with van der Waals surface area (Å²) in [4.78, 5) is 26.6. The minimum absolute atomic E-state index is 0.0163. The van der Waals surface area contributed by atoms with Crippen LogP contribution in [0, 0.1) is 0 Å². The number of benzene rings is 2. The Hall–Kier alpha value is -2.82. The van der Waals surface area contributed by atoms with E-state index in [-0.39, 0.29) is 18.0 Å². The molecule has 2 N–H and O–H groups in total. The maximum absolute atomic E-state index is 13.0. The van der Waals surface area contributed by atoms with Crippen LogP contribution in [0.4, 0.5) is 10.5 Å². The molecule has 2 aromatic carbocycles. The first kappa shape index (κ1) is 18.0. The van der Waals surface area contributed by atoms with Crippen LogP contribution in [0.15, 0.2) is 48.5 Å². The van der Waals surface area contributed by atoms with Gasteiger partial charge in [0.25, 0.3) is 5.91 Å². The first-order valence-corrected chi connectivity index (χ1v) is 9.12. The van der Waals surface area contributed by atoms with E-state index in [4.69, 9.17) is 0 Å². The molecule has 1 atom stereocenters. The second-order valence-electron chi connectivity index (χ2n) is 6.67. The van der Waals surface area contributed by atoms with Crippen LogP contribution in [-0.2, 0) is 13.0 Å². The lowest BCUT2D eigenvalue weighted by Gasteiger charge is -2.23. The second kappa shape index (κ2) is 8.04. The van der Waals surface area contributed by atoms with Gasteiger partial charge in [-0.2, -0.15) is 0 Å². The summed E-state index contributed by atoms with van der Waals surface area (Å²) < 4.78 is 0. The van der Waals surface area contributed by atoms with Crippen LogP contribution in [0.2, 0.25) is 0 Å². The van der Waals surface area contributed by atoms with E-state index in [9.17, 15) is 9.59 Å². The molecule has 1 aliphatic rings. The standard InChI is InChI=1S/C21H25N3O2/c1-3-11-22-21(26)23-14-16-9-10-18-12-15(2)24(19(18)13-16)20(25)17-7-5-4-6-8-17/h4-10,13,15H,3,11-12,14H2,1-2H3,(H2,22,23,26)/t15-/m0/s1. The van der Waals surface area contributed by atoms with E-state index >= 15 is 0 Å². The first-order chi connectivity index (χ1) is 12.6. The normalized spacial score (nSPS) is 15.5. The summed E-state index contributed by atoms with van der Waals surface area (Å²) in [6.07, 6.45) is 1.75. The minimum atomic E-state index is -0.169. The van der Waals surface area contributed by atoms with Crippen molar-refractivity contribution in [2.24, 2.45) is 0 Å². The largest absolute Gasteiger partial charge is 0.338 e. The molecule has 0 bridgehead atoms. The van der Waals surface area contributed by atoms with Crippen molar-refractivity contribution in [3.8, 4) is 0 Å². The lowest BCUT2D eigenvalue weighted by molar-refractivity contribution is 0.0981. The van der Waals surface area contributed by atoms with Crippen LogP contribution in [0.25, 0.3) is 0 Å². The van der Waals surface area contributed by atoms with Gasteiger partial charge < -0.3 is 15.5 Å². The Bertz CT molecular complexity index is 789. The van der Waals surface area contributed by atoms with Gasteiger partial charge in [-0.3, -0.25) is 4.79 Å². The molecule has 0 radical (unpaired) electrons. The number of hydrogen-bond donors (Lipinski definition) is 2. The zero-order chi connectivity index (χ0) is 18.5. The quantitative estimate of drug-likeness (QED) is 0.866. The van der Waals surface area contributed by atoms with Crippen LogP contribution in [-0.4, -0.2) is 24.5 Å². The van der Waals surface area contributed by atoms with Gasteiger partial charge in [0, 0.05) is 30.4 Å². The smallest absolute Gasteiger partial charge is 0.315 e. The Labute approximate surface area is 154 Å². The second-order valence-corrected chi connectivity index (χ2v) is 6.67. The third-order valence-electron chi connectivity index (χ3n) is 4.59. The molecule has 0 spiro atoms. The number of amides is 3. The van der Waals surface area contributed by atoms with Gasteiger partial charge in [-0.1, -0.05) is 37.3 Å². The molecule has 0 aliphatic carbocycles. The average molecular weight is 351 g/mol. The molecule has 1 heterocycles. The Morgan fingerprint density at radius 3 is 2.62 bits per heavy atom. The Balaban J connectivity index is 1.76. The van der Waals surface area contributed by atoms with Crippen LogP contribution < -0.4 is 15.5 Å². The van der Waals surface area contributed by atoms with Gasteiger partial charge in [0.2, 0.25) is 0 Å². The summed E-state index contributed by atoms with van der Waals surface area (Å²) in [5, 5.41) is 5.65. The molecule has 5 nitrogen and oxygen atoms in total. The molecule has 0 aromatic heterocycles. The molecule has 0 fully saturated rings. The lowest BCUT2D eigenvalue weighted by Crippen LogP contribution is -2.36. The van der Waals surface area contributed by atoms with Gasteiger partial charge in [-0.15, -0.1) is 0 Å². The highest BCUT2D eigenvalue weighted by atomic mass is 16.2. The van der Waals surface area contributed by atoms with Crippen molar-refractivity contribution in [2.45, 2.75) is 39.3 Å². The average Bonchev–Trinajstić information content (AvgIpc) is 2.99. The number of hydrogen-bond acceptors (Lipinski definition) is 2. The molecular formula is C21H25N3O2. The Kier molecular flexibility index (Phi) is 5.56. The summed E-state index contributed by atoms with van der Waals surface area (Å²) in [6, 6.07) is 15.4. The number of rotatable bonds is 5. The van der Waals surface area contributed by atoms with Gasteiger partial charge >= 0.3 is 6.03 Å². The van der Waals surface area contributed by atoms with Crippen molar-refractivity contribution in [3.63, 3.8) is 0 Å². The molecule has 0 saturated carbocycles. The lowest BCUT2D eigenvalue weighted by atomic mass is 10.1. The molecule has 26 heavy (non-hydrogen) atoms. The summed E-state index contributed by atoms with van der Waals surface area (Å²) >= 11 is 0. The number of carbonyl (C=O) groups is 2. The van der Waals surface area contributed by atoms with Crippen LogP contribution >= 0.6 is 0 Å². The van der Waals surface area contributed by atoms with Crippen molar-refractivity contribution >= 4 is 17.6 Å². The van der Waals surface area contributed by atoms with Crippen molar-refractivity contribution in [2.75, 3.05) is 11.4 Å². The fourth-order valence-corrected chi connectivity index (χ4v) is 3.28. The van der Waals surface area contributed by atoms with Gasteiger partial charge in [-0.25, -0.2) is 4.79 Å². The molecule has 136 valence electrons. The van der Waals surface area contributed by atoms with E-state index in [0.29, 0.717) is 18.7 Å². The van der Waals surface area contributed by atoms with Crippen LogP contribution in [0.5, 0.6) is 0 Å². The van der Waals surface area contributed by atoms with Gasteiger partial charge in [0.15, 0.2) is 0 Å². The summed E-state index contributed by atoms with van der Waals surface area (Å²) in [7, 11) is 0. The van der Waals surface area contributed by atoms with E-state index in [0.717, 1.165) is 24.1 Å². The van der Waals surface area contributed by atoms with E-state index in [1.165, 1.54) is 5.56 Å². The first-order valence-electron chi connectivity index (χ1n) is 9.12. The van der Waals surface area contributed by atoms with Gasteiger partial charge in [-0.05, 0) is 49.1 Å². The predicted molar refractivity (Wildman–Crippen MR) is 103 cm³/mol. The summed E-state index contributed by atoms with van der Waals surface area (Å²) in [5.74, 6) is 0.0163. The minimum Gasteiger partial charge on any atom is -0.338 e. The molecule has 3 rings (SSSR count). The van der Waals surface area contributed by atoms with Crippen LogP contribution in [0.1, 0.15) is 41.8 Å². The van der Waals surface area contributed by atoms with Crippen molar-refractivity contribution in [3.05, 3.63) is 65.2 Å². The molecule has 0 unspecified atom stereocenters. The molecule has 2 aromatic rings. The third kappa shape index (κ3) is 3.87. The molecule has 0 saturated heterocycles. The highest BCUT2D eigenvalue weighted by Gasteiger charge is 2.31. The summed E-state index contributed by atoms with van der Waals surface area (Å²) in [5.41, 5.74) is 3.78. The number of nitrogens with one attached hydrogen (secondary N) is 2. The van der Waals surface area contributed by atoms with Gasteiger partial charge in [0.05, 0.1) is 0 Å². The van der Waals surface area contributed by atoms with E-state index in [2.05, 4.69) is 23.6 Å². The van der Waals surface area contributed by atoms with Crippen molar-refractivity contribution in [1.29, 1.82) is 0 Å². The SMILES string of the molecule is CCCNC(=O)NCc1ccc2c(c1)N(C(=O)c1ccccc1)[C@@H](C)C2. The molecule has 3 amide bonds. The fraction of sp³-hybridized carbons (Fsp3) is 0.333. The van der Waals surface area contributed by atoms with Crippen molar-refractivity contribution in [1.82, 2.24) is 10.6 Å². The Morgan fingerprint density at radius 2 is 1.88 bits per heavy atom. The zero-order valence-electron chi connectivity index (χ0n) is 15.3. The number of fused-ring (bicyclic) bond motifs is 1. The topological polar surface area (TPSA) is 61.4 Å². The Morgan fingerprint density at radius 1 is 1.12 bits per heavy atom. The molecular weight excluding hydrogens is 326 g/mol. The monoisotopic (exact) mass is 351 g/mol. The van der Waals surface area contributed by atoms with Crippen LogP contribution in [0.3, 0.4) is 0 Å². The van der Waals surface area contributed by atoms with E-state index in [1.807, 2.05) is 54.3 Å². The maximum atomic E-state index is 13.0. The molecule has 1 aliphatic heterocycles. The highest BCUT2D eigenvalue weighted by molar-refractivity contribution is 6.07. The van der Waals surface area contributed by atoms with Crippen molar-refractivity contribution < 1.29 is 9.59 Å². The fourth-order valence-electron chi connectivity index (χ4n) is 3.28. The third-order valence-corrected chi connectivity index (χ3v) is 4.59. The molecule has 5 heteroatoms. The number of urea groups is 1. The highest BCUT2D eigenvalue weighted by Crippen LogP contribution is 2.34. The number of nitrogens with zero attached hydrogens (tertiary/aromatic N) is 1.